The Hall–Kier alpha value is -2.74. The van der Waals surface area contributed by atoms with Gasteiger partial charge >= 0.3 is 0 Å². The molecule has 1 heterocycles. The first-order chi connectivity index (χ1) is 15.2. The van der Waals surface area contributed by atoms with Gasteiger partial charge in [-0.1, -0.05) is 35.3 Å². The molecule has 1 amide bonds. The molecule has 3 rings (SSSR count). The molecule has 7 nitrogen and oxygen atoms in total. The molecule has 2 aromatic rings. The minimum atomic E-state index is -0.880. The number of aliphatic hydroxyl groups excluding tert-OH is 1. The number of amides is 1. The first-order valence-corrected chi connectivity index (χ1v) is 10.6. The molecule has 0 radical (unpaired) electrons. The van der Waals surface area contributed by atoms with Crippen LogP contribution in [0.5, 0.6) is 11.5 Å². The van der Waals surface area contributed by atoms with Crippen LogP contribution in [0.4, 0.5) is 0 Å². The number of Topliss-reactive ketones (excluding diaryl/α,β-unsaturated/α-hetero) is 1. The van der Waals surface area contributed by atoms with E-state index in [9.17, 15) is 14.7 Å². The number of carbonyl (C=O) groups excluding carboxylic acids is 2. The minimum absolute atomic E-state index is 0.0568. The van der Waals surface area contributed by atoms with Crippen molar-refractivity contribution in [1.82, 2.24) is 9.80 Å². The van der Waals surface area contributed by atoms with Crippen molar-refractivity contribution in [2.75, 3.05) is 41.4 Å². The summed E-state index contributed by atoms with van der Waals surface area (Å²) < 4.78 is 11.0. The van der Waals surface area contributed by atoms with Crippen molar-refractivity contribution in [3.05, 3.63) is 63.1 Å². The summed E-state index contributed by atoms with van der Waals surface area (Å²) in [6.45, 7) is 0.781. The van der Waals surface area contributed by atoms with Gasteiger partial charge in [0.15, 0.2) is 11.5 Å². The van der Waals surface area contributed by atoms with Gasteiger partial charge in [0.05, 0.1) is 35.9 Å². The summed E-state index contributed by atoms with van der Waals surface area (Å²) >= 11 is 12.1. The molecule has 0 bridgehead atoms. The van der Waals surface area contributed by atoms with Crippen molar-refractivity contribution >= 4 is 40.7 Å². The molecule has 0 aliphatic carbocycles. The molecule has 1 unspecified atom stereocenters. The topological polar surface area (TPSA) is 79.3 Å². The Labute approximate surface area is 196 Å². The number of ether oxygens (including phenoxy) is 2. The lowest BCUT2D eigenvalue weighted by Gasteiger charge is -2.28. The minimum Gasteiger partial charge on any atom is -0.507 e. The van der Waals surface area contributed by atoms with Crippen LogP contribution in [0.3, 0.4) is 0 Å². The van der Waals surface area contributed by atoms with Gasteiger partial charge in [0.1, 0.15) is 5.76 Å². The van der Waals surface area contributed by atoms with Gasteiger partial charge in [-0.05, 0) is 38.4 Å². The molecule has 1 saturated heterocycles. The van der Waals surface area contributed by atoms with Crippen LogP contribution in [0.1, 0.15) is 17.2 Å². The number of likely N-dealkylation sites (N-methyl/N-ethyl adjacent to an activating group) is 1. The monoisotopic (exact) mass is 478 g/mol. The van der Waals surface area contributed by atoms with Gasteiger partial charge < -0.3 is 24.4 Å². The average molecular weight is 479 g/mol. The predicted octanol–water partition coefficient (Wildman–Crippen LogP) is 3.99. The van der Waals surface area contributed by atoms with Crippen LogP contribution < -0.4 is 9.47 Å². The summed E-state index contributed by atoms with van der Waals surface area (Å²) in [5, 5.41) is 11.7. The number of likely N-dealkylation sites (tertiary alicyclic amines) is 1. The Morgan fingerprint density at radius 1 is 1.09 bits per heavy atom. The van der Waals surface area contributed by atoms with E-state index in [1.165, 1.54) is 37.3 Å². The quantitative estimate of drug-likeness (QED) is 0.368. The number of hydrogen-bond acceptors (Lipinski definition) is 6. The Kier molecular flexibility index (Phi) is 7.33. The number of methoxy groups -OCH3 is 2. The lowest BCUT2D eigenvalue weighted by molar-refractivity contribution is -0.140. The van der Waals surface area contributed by atoms with Gasteiger partial charge in [0, 0.05) is 24.2 Å². The normalized spacial score (nSPS) is 17.8. The van der Waals surface area contributed by atoms with Crippen molar-refractivity contribution in [1.29, 1.82) is 0 Å². The average Bonchev–Trinajstić information content (AvgIpc) is 3.02. The van der Waals surface area contributed by atoms with Crippen molar-refractivity contribution in [2.45, 2.75) is 6.04 Å². The molecule has 9 heteroatoms. The molecule has 1 aliphatic heterocycles. The third kappa shape index (κ3) is 4.41. The fraction of sp³-hybridized carbons (Fsp3) is 0.304. The number of nitrogens with zero attached hydrogens (tertiary/aromatic N) is 2. The van der Waals surface area contributed by atoms with E-state index in [-0.39, 0.29) is 28.5 Å². The summed E-state index contributed by atoms with van der Waals surface area (Å²) in [6.07, 6.45) is 0. The molecule has 0 spiro atoms. The summed E-state index contributed by atoms with van der Waals surface area (Å²) in [4.78, 5) is 29.5. The Bertz CT molecular complexity index is 1080. The van der Waals surface area contributed by atoms with E-state index in [1.807, 2.05) is 19.0 Å². The van der Waals surface area contributed by atoms with E-state index in [1.54, 1.807) is 18.2 Å². The van der Waals surface area contributed by atoms with Crippen molar-refractivity contribution < 1.29 is 24.2 Å². The van der Waals surface area contributed by atoms with E-state index < -0.39 is 17.7 Å². The highest BCUT2D eigenvalue weighted by molar-refractivity contribution is 6.47. The lowest BCUT2D eigenvalue weighted by Crippen LogP contribution is -2.35. The zero-order chi connectivity index (χ0) is 23.6. The maximum Gasteiger partial charge on any atom is 0.295 e. The largest absolute Gasteiger partial charge is 0.507 e. The molecule has 1 atom stereocenters. The van der Waals surface area contributed by atoms with E-state index in [4.69, 9.17) is 32.7 Å². The first kappa shape index (κ1) is 23.9. The van der Waals surface area contributed by atoms with Crippen LogP contribution in [0.15, 0.2) is 42.0 Å². The van der Waals surface area contributed by atoms with Crippen LogP contribution in [0, 0.1) is 0 Å². The zero-order valence-electron chi connectivity index (χ0n) is 18.2. The maximum absolute atomic E-state index is 13.1. The number of carbonyl (C=O) groups is 2. The van der Waals surface area contributed by atoms with E-state index in [0.717, 1.165) is 0 Å². The molecule has 0 saturated carbocycles. The SMILES string of the molecule is COc1cccc(C2/C(=C(\O)c3ccc(Cl)c(Cl)c3)C(=O)C(=O)N2CCN(C)C)c1OC. The van der Waals surface area contributed by atoms with Crippen LogP contribution in [-0.4, -0.2) is 68.0 Å². The number of hydrogen-bond donors (Lipinski definition) is 1. The van der Waals surface area contributed by atoms with Crippen molar-refractivity contribution in [3.8, 4) is 11.5 Å². The third-order valence-electron chi connectivity index (χ3n) is 5.25. The summed E-state index contributed by atoms with van der Waals surface area (Å²) in [7, 11) is 6.72. The summed E-state index contributed by atoms with van der Waals surface area (Å²) in [6, 6.07) is 8.82. The van der Waals surface area contributed by atoms with Gasteiger partial charge in [-0.25, -0.2) is 0 Å². The molecular formula is C23H24Cl2N2O5. The van der Waals surface area contributed by atoms with Crippen LogP contribution in [0.25, 0.3) is 5.76 Å². The fourth-order valence-corrected chi connectivity index (χ4v) is 3.97. The summed E-state index contributed by atoms with van der Waals surface area (Å²) in [5.41, 5.74) is 0.738. The molecule has 1 fully saturated rings. The molecule has 32 heavy (non-hydrogen) atoms. The van der Waals surface area contributed by atoms with Gasteiger partial charge in [-0.15, -0.1) is 0 Å². The predicted molar refractivity (Wildman–Crippen MR) is 124 cm³/mol. The lowest BCUT2D eigenvalue weighted by atomic mass is 9.94. The second kappa shape index (κ2) is 9.81. The molecule has 1 N–H and O–H groups in total. The highest BCUT2D eigenvalue weighted by atomic mass is 35.5. The second-order valence-electron chi connectivity index (χ2n) is 7.51. The van der Waals surface area contributed by atoms with Gasteiger partial charge in [-0.3, -0.25) is 9.59 Å². The Morgan fingerprint density at radius 3 is 2.41 bits per heavy atom. The smallest absolute Gasteiger partial charge is 0.295 e. The van der Waals surface area contributed by atoms with Gasteiger partial charge in [0.2, 0.25) is 0 Å². The number of aliphatic hydroxyl groups is 1. The van der Waals surface area contributed by atoms with E-state index >= 15 is 0 Å². The standard InChI is InChI=1S/C23H24Cl2N2O5/c1-26(2)10-11-27-19(14-6-5-7-17(31-3)22(14)32-4)18(21(29)23(27)30)20(28)13-8-9-15(24)16(25)12-13/h5-9,12,19,28H,10-11H2,1-4H3/b20-18+. The maximum atomic E-state index is 13.1. The molecule has 0 aromatic heterocycles. The highest BCUT2D eigenvalue weighted by Crippen LogP contribution is 2.45. The molecular weight excluding hydrogens is 455 g/mol. The number of benzene rings is 2. The Morgan fingerprint density at radius 2 is 1.81 bits per heavy atom. The van der Waals surface area contributed by atoms with Crippen LogP contribution in [-0.2, 0) is 9.59 Å². The fourth-order valence-electron chi connectivity index (χ4n) is 3.67. The van der Waals surface area contributed by atoms with Crippen molar-refractivity contribution in [3.63, 3.8) is 0 Å². The third-order valence-corrected chi connectivity index (χ3v) is 5.99. The van der Waals surface area contributed by atoms with Crippen LogP contribution in [0.2, 0.25) is 10.0 Å². The van der Waals surface area contributed by atoms with E-state index in [2.05, 4.69) is 0 Å². The van der Waals surface area contributed by atoms with E-state index in [0.29, 0.717) is 28.6 Å². The first-order valence-electron chi connectivity index (χ1n) is 9.80. The van der Waals surface area contributed by atoms with Gasteiger partial charge in [-0.2, -0.15) is 0 Å². The number of rotatable bonds is 7. The van der Waals surface area contributed by atoms with Crippen LogP contribution >= 0.6 is 23.2 Å². The number of para-hydroxylation sites is 1. The molecule has 2 aromatic carbocycles. The number of ketones is 1. The van der Waals surface area contributed by atoms with Crippen molar-refractivity contribution in [2.24, 2.45) is 0 Å². The zero-order valence-corrected chi connectivity index (χ0v) is 19.7. The second-order valence-corrected chi connectivity index (χ2v) is 8.32. The Balaban J connectivity index is 2.26. The highest BCUT2D eigenvalue weighted by Gasteiger charge is 2.47. The number of halogens is 2. The summed E-state index contributed by atoms with van der Waals surface area (Å²) in [5.74, 6) is -1.02. The molecule has 170 valence electrons. The molecule has 1 aliphatic rings. The van der Waals surface area contributed by atoms with Gasteiger partial charge in [0.25, 0.3) is 11.7 Å².